The molecule has 0 saturated carbocycles. The fourth-order valence-corrected chi connectivity index (χ4v) is 0.752. The van der Waals surface area contributed by atoms with Crippen LogP contribution in [0.25, 0.3) is 0 Å². The topological polar surface area (TPSA) is 55.8 Å². The van der Waals surface area contributed by atoms with Crippen LogP contribution in [0.1, 0.15) is 33.1 Å². The summed E-state index contributed by atoms with van der Waals surface area (Å²) < 4.78 is 0. The third kappa shape index (κ3) is 5.09. The summed E-state index contributed by atoms with van der Waals surface area (Å²) in [6.45, 7) is 4.12. The van der Waals surface area contributed by atoms with Crippen molar-refractivity contribution in [2.45, 2.75) is 39.2 Å². The van der Waals surface area contributed by atoms with Crippen LogP contribution in [0.15, 0.2) is 0 Å². The fraction of sp³-hybridized carbons (Fsp3) is 0.875. The van der Waals surface area contributed by atoms with Gasteiger partial charge in [0.1, 0.15) is 0 Å². The van der Waals surface area contributed by atoms with Crippen molar-refractivity contribution in [3.8, 4) is 0 Å². The van der Waals surface area contributed by atoms with Crippen LogP contribution in [0, 0.1) is 0 Å². The van der Waals surface area contributed by atoms with Crippen LogP contribution in [0.3, 0.4) is 0 Å². The molecule has 4 heteroatoms. The molecule has 0 radical (unpaired) electrons. The van der Waals surface area contributed by atoms with E-state index in [1.807, 2.05) is 6.92 Å². The highest BCUT2D eigenvalue weighted by atomic mass is 17.2. The molecule has 1 unspecified atom stereocenters. The second-order valence-electron chi connectivity index (χ2n) is 2.47. The minimum absolute atomic E-state index is 0.371. The van der Waals surface area contributed by atoms with Crippen LogP contribution in [0.4, 0.5) is 0 Å². The monoisotopic (exact) mass is 176 g/mol. The van der Waals surface area contributed by atoms with E-state index in [0.29, 0.717) is 13.0 Å². The number of rotatable bonds is 7. The highest BCUT2D eigenvalue weighted by molar-refractivity contribution is 5.72. The number of hydrogen-bond donors (Lipinski definition) is 1. The first kappa shape index (κ1) is 11.4. The van der Waals surface area contributed by atoms with Gasteiger partial charge >= 0.3 is 5.97 Å². The quantitative estimate of drug-likeness (QED) is 0.473. The molecule has 12 heavy (non-hydrogen) atoms. The van der Waals surface area contributed by atoms with Gasteiger partial charge in [0.2, 0.25) is 0 Å². The van der Waals surface area contributed by atoms with Gasteiger partial charge in [-0.05, 0) is 13.3 Å². The predicted octanol–water partition coefficient (Wildman–Crippen LogP) is 1.60. The van der Waals surface area contributed by atoms with E-state index in [1.54, 1.807) is 6.92 Å². The van der Waals surface area contributed by atoms with Gasteiger partial charge < -0.3 is 5.11 Å². The van der Waals surface area contributed by atoms with Gasteiger partial charge in [-0.15, -0.1) is 0 Å². The number of carboxylic acid groups (broad SMARTS) is 1. The van der Waals surface area contributed by atoms with Crippen molar-refractivity contribution in [2.24, 2.45) is 0 Å². The number of unbranched alkanes of at least 4 members (excludes halogenated alkanes) is 1. The first-order valence-electron chi connectivity index (χ1n) is 4.23. The van der Waals surface area contributed by atoms with E-state index in [2.05, 4.69) is 9.78 Å². The van der Waals surface area contributed by atoms with E-state index < -0.39 is 12.1 Å². The Morgan fingerprint density at radius 3 is 2.58 bits per heavy atom. The molecule has 0 aromatic heterocycles. The summed E-state index contributed by atoms with van der Waals surface area (Å²) in [5.41, 5.74) is 0. The molecule has 0 aliphatic heterocycles. The second-order valence-corrected chi connectivity index (χ2v) is 2.47. The predicted molar refractivity (Wildman–Crippen MR) is 43.7 cm³/mol. The van der Waals surface area contributed by atoms with E-state index in [-0.39, 0.29) is 0 Å². The molecule has 0 heterocycles. The third-order valence-corrected chi connectivity index (χ3v) is 1.40. The summed E-state index contributed by atoms with van der Waals surface area (Å²) in [5.74, 6) is -0.961. The maximum atomic E-state index is 10.5. The molecule has 0 saturated heterocycles. The zero-order valence-electron chi connectivity index (χ0n) is 7.58. The molecule has 0 spiro atoms. The lowest BCUT2D eigenvalue weighted by atomic mass is 10.2. The molecule has 0 fully saturated rings. The molecule has 0 aliphatic carbocycles. The summed E-state index contributed by atoms with van der Waals surface area (Å²) in [5, 5.41) is 8.62. The molecular weight excluding hydrogens is 160 g/mol. The highest BCUT2D eigenvalue weighted by Crippen LogP contribution is 2.05. The fourth-order valence-electron chi connectivity index (χ4n) is 0.752. The molecule has 1 N–H and O–H groups in total. The standard InChI is InChI=1S/C8H16O4/c1-3-5-6-7(8(9)10)12-11-4-2/h7H,3-6H2,1-2H3,(H,9,10). The minimum atomic E-state index is -0.961. The molecular formula is C8H16O4. The molecule has 0 bridgehead atoms. The highest BCUT2D eigenvalue weighted by Gasteiger charge is 2.17. The Bertz CT molecular complexity index is 116. The molecule has 0 aromatic rings. The average molecular weight is 176 g/mol. The Balaban J connectivity index is 3.62. The summed E-state index contributed by atoms with van der Waals surface area (Å²) in [6, 6.07) is 0. The van der Waals surface area contributed by atoms with E-state index >= 15 is 0 Å². The Hall–Kier alpha value is -0.610. The molecule has 0 aliphatic rings. The van der Waals surface area contributed by atoms with Gasteiger partial charge in [-0.25, -0.2) is 14.6 Å². The SMILES string of the molecule is CCCCC(OOCC)C(=O)O. The molecule has 1 atom stereocenters. The van der Waals surface area contributed by atoms with Crippen molar-refractivity contribution in [3.63, 3.8) is 0 Å². The number of hydrogen-bond acceptors (Lipinski definition) is 3. The zero-order valence-corrected chi connectivity index (χ0v) is 7.58. The Morgan fingerprint density at radius 2 is 2.17 bits per heavy atom. The maximum absolute atomic E-state index is 10.5. The van der Waals surface area contributed by atoms with Crippen LogP contribution in [0.5, 0.6) is 0 Å². The van der Waals surface area contributed by atoms with Crippen LogP contribution < -0.4 is 0 Å². The smallest absolute Gasteiger partial charge is 0.336 e. The van der Waals surface area contributed by atoms with E-state index in [4.69, 9.17) is 5.11 Å². The molecule has 4 nitrogen and oxygen atoms in total. The first-order chi connectivity index (χ1) is 5.72. The van der Waals surface area contributed by atoms with Crippen molar-refractivity contribution in [1.82, 2.24) is 0 Å². The van der Waals surface area contributed by atoms with Crippen molar-refractivity contribution in [2.75, 3.05) is 6.61 Å². The van der Waals surface area contributed by atoms with Gasteiger partial charge in [-0.2, -0.15) is 0 Å². The minimum Gasteiger partial charge on any atom is -0.479 e. The summed E-state index contributed by atoms with van der Waals surface area (Å²) in [4.78, 5) is 19.7. The normalized spacial score (nSPS) is 12.8. The number of carboxylic acids is 1. The molecule has 72 valence electrons. The lowest BCUT2D eigenvalue weighted by Gasteiger charge is -2.10. The van der Waals surface area contributed by atoms with Crippen LogP contribution in [-0.2, 0) is 14.6 Å². The van der Waals surface area contributed by atoms with E-state index in [9.17, 15) is 4.79 Å². The number of carbonyl (C=O) groups is 1. The van der Waals surface area contributed by atoms with Crippen molar-refractivity contribution in [1.29, 1.82) is 0 Å². The van der Waals surface area contributed by atoms with Gasteiger partial charge in [0.05, 0.1) is 6.61 Å². The Labute approximate surface area is 72.4 Å². The molecule has 0 rings (SSSR count). The first-order valence-corrected chi connectivity index (χ1v) is 4.23. The second kappa shape index (κ2) is 7.06. The third-order valence-electron chi connectivity index (χ3n) is 1.40. The average Bonchev–Trinajstić information content (AvgIpc) is 2.04. The van der Waals surface area contributed by atoms with E-state index in [0.717, 1.165) is 12.8 Å². The summed E-state index contributed by atoms with van der Waals surface area (Å²) in [6.07, 6.45) is 1.49. The van der Waals surface area contributed by atoms with Gasteiger partial charge in [-0.1, -0.05) is 19.8 Å². The van der Waals surface area contributed by atoms with Gasteiger partial charge in [0.25, 0.3) is 0 Å². The van der Waals surface area contributed by atoms with Crippen molar-refractivity contribution in [3.05, 3.63) is 0 Å². The van der Waals surface area contributed by atoms with Crippen molar-refractivity contribution < 1.29 is 19.7 Å². The number of aliphatic carboxylic acids is 1. The molecule has 0 aromatic carbocycles. The largest absolute Gasteiger partial charge is 0.479 e. The molecule has 0 amide bonds. The lowest BCUT2D eigenvalue weighted by molar-refractivity contribution is -0.318. The van der Waals surface area contributed by atoms with Gasteiger partial charge in [-0.3, -0.25) is 0 Å². The Morgan fingerprint density at radius 1 is 1.50 bits per heavy atom. The van der Waals surface area contributed by atoms with E-state index in [1.165, 1.54) is 0 Å². The van der Waals surface area contributed by atoms with Gasteiger partial charge in [0, 0.05) is 0 Å². The Kier molecular flexibility index (Phi) is 6.70. The summed E-state index contributed by atoms with van der Waals surface area (Å²) >= 11 is 0. The maximum Gasteiger partial charge on any atom is 0.336 e. The van der Waals surface area contributed by atoms with Crippen LogP contribution in [-0.4, -0.2) is 23.8 Å². The zero-order chi connectivity index (χ0) is 9.40. The van der Waals surface area contributed by atoms with Crippen LogP contribution >= 0.6 is 0 Å². The lowest BCUT2D eigenvalue weighted by Crippen LogP contribution is -2.23. The summed E-state index contributed by atoms with van der Waals surface area (Å²) in [7, 11) is 0. The van der Waals surface area contributed by atoms with Crippen LogP contribution in [0.2, 0.25) is 0 Å². The van der Waals surface area contributed by atoms with Gasteiger partial charge in [0.15, 0.2) is 6.10 Å². The van der Waals surface area contributed by atoms with Crippen molar-refractivity contribution >= 4 is 5.97 Å².